The zero-order chi connectivity index (χ0) is 39.5. The second kappa shape index (κ2) is 13.4. The standard InChI is InChI=1S/C43H23N3O10S/c47-38-31-15-5-22(42(51)52)19-33(31)40(49)45(38)25-7-11-27(12-8-25)55-29-17-24(37-44-35-3-1-2-4-36(35)57-37)18-30(21-29)56-28-13-9-26(10-14-28)46-39(48)32-16-6-23(43(53)54)20-34(32)41(46)50/h1-21H,(H,51,52)(H,53,54). The average Bonchev–Trinajstić information content (AvgIpc) is 3.84. The van der Waals surface area contributed by atoms with Crippen molar-refractivity contribution in [3.63, 3.8) is 0 Å². The largest absolute Gasteiger partial charge is 0.478 e. The van der Waals surface area contributed by atoms with Crippen molar-refractivity contribution in [3.05, 3.63) is 161 Å². The predicted octanol–water partition coefficient (Wildman–Crippen LogP) is 8.55. The Morgan fingerprint density at radius 1 is 0.509 bits per heavy atom. The van der Waals surface area contributed by atoms with Crippen LogP contribution in [-0.4, -0.2) is 50.8 Å². The molecule has 0 radical (unpaired) electrons. The van der Waals surface area contributed by atoms with Crippen molar-refractivity contribution in [2.24, 2.45) is 0 Å². The maximum atomic E-state index is 13.2. The molecule has 9 rings (SSSR count). The van der Waals surface area contributed by atoms with E-state index in [1.54, 1.807) is 66.7 Å². The summed E-state index contributed by atoms with van der Waals surface area (Å²) < 4.78 is 13.5. The first-order valence-electron chi connectivity index (χ1n) is 17.1. The first-order valence-corrected chi connectivity index (χ1v) is 17.9. The smallest absolute Gasteiger partial charge is 0.335 e. The molecule has 57 heavy (non-hydrogen) atoms. The Hall–Kier alpha value is -7.97. The van der Waals surface area contributed by atoms with Gasteiger partial charge in [-0.2, -0.15) is 0 Å². The Morgan fingerprint density at radius 2 is 0.965 bits per heavy atom. The number of aromatic carboxylic acids is 2. The van der Waals surface area contributed by atoms with E-state index in [1.165, 1.54) is 47.7 Å². The fraction of sp³-hybridized carbons (Fsp3) is 0. The molecule has 0 unspecified atom stereocenters. The summed E-state index contributed by atoms with van der Waals surface area (Å²) in [5.74, 6) is -3.35. The fourth-order valence-corrected chi connectivity index (χ4v) is 7.58. The summed E-state index contributed by atoms with van der Waals surface area (Å²) in [4.78, 5) is 82.3. The van der Waals surface area contributed by atoms with Crippen molar-refractivity contribution in [2.75, 3.05) is 9.80 Å². The van der Waals surface area contributed by atoms with Crippen LogP contribution in [0, 0.1) is 0 Å². The van der Waals surface area contributed by atoms with Gasteiger partial charge in [0.2, 0.25) is 0 Å². The van der Waals surface area contributed by atoms with Crippen LogP contribution in [-0.2, 0) is 0 Å². The number of carbonyl (C=O) groups is 6. The van der Waals surface area contributed by atoms with Crippen LogP contribution in [0.25, 0.3) is 20.8 Å². The lowest BCUT2D eigenvalue weighted by atomic mass is 10.1. The quantitative estimate of drug-likeness (QED) is 0.134. The van der Waals surface area contributed by atoms with E-state index >= 15 is 0 Å². The number of carboxylic acids is 2. The van der Waals surface area contributed by atoms with E-state index in [0.717, 1.165) is 20.0 Å². The van der Waals surface area contributed by atoms with Crippen LogP contribution < -0.4 is 19.3 Å². The minimum absolute atomic E-state index is 0.00809. The Balaban J connectivity index is 0.985. The number of rotatable bonds is 9. The minimum Gasteiger partial charge on any atom is -0.478 e. The molecule has 0 bridgehead atoms. The fourth-order valence-electron chi connectivity index (χ4n) is 6.62. The van der Waals surface area contributed by atoms with Gasteiger partial charge >= 0.3 is 11.9 Å². The zero-order valence-corrected chi connectivity index (χ0v) is 29.9. The zero-order valence-electron chi connectivity index (χ0n) is 29.0. The molecular weight excluding hydrogens is 751 g/mol. The number of carbonyl (C=O) groups excluding carboxylic acids is 4. The lowest BCUT2D eigenvalue weighted by molar-refractivity contribution is 0.0686. The number of aromatic nitrogens is 1. The Bertz CT molecular complexity index is 2710. The molecule has 13 nitrogen and oxygen atoms in total. The number of thiazole rings is 1. The molecule has 2 aliphatic rings. The number of benzene rings is 6. The maximum Gasteiger partial charge on any atom is 0.335 e. The first kappa shape index (κ1) is 34.8. The van der Waals surface area contributed by atoms with Crippen LogP contribution in [0.1, 0.15) is 62.1 Å². The average molecular weight is 774 g/mol. The molecule has 3 heterocycles. The maximum absolute atomic E-state index is 13.2. The third-order valence-corrected chi connectivity index (χ3v) is 10.4. The summed E-state index contributed by atoms with van der Waals surface area (Å²) in [7, 11) is 0. The van der Waals surface area contributed by atoms with Crippen LogP contribution in [0.2, 0.25) is 0 Å². The van der Waals surface area contributed by atoms with Crippen molar-refractivity contribution in [2.45, 2.75) is 0 Å². The third kappa shape index (κ3) is 6.11. The Morgan fingerprint density at radius 3 is 1.42 bits per heavy atom. The molecule has 0 fully saturated rings. The number of imide groups is 2. The van der Waals surface area contributed by atoms with Crippen LogP contribution in [0.15, 0.2) is 127 Å². The number of hydrogen-bond acceptors (Lipinski definition) is 10. The molecule has 14 heteroatoms. The predicted molar refractivity (Wildman–Crippen MR) is 207 cm³/mol. The van der Waals surface area contributed by atoms with Gasteiger partial charge in [0.1, 0.15) is 28.0 Å². The normalized spacial score (nSPS) is 13.3. The minimum atomic E-state index is -1.21. The summed E-state index contributed by atoms with van der Waals surface area (Å²) in [5, 5.41) is 19.4. The van der Waals surface area contributed by atoms with Crippen LogP contribution >= 0.6 is 11.3 Å². The number of hydrogen-bond donors (Lipinski definition) is 2. The number of amides is 4. The highest BCUT2D eigenvalue weighted by molar-refractivity contribution is 7.21. The number of nitrogens with zero attached hydrogens (tertiary/aromatic N) is 3. The Kier molecular flexibility index (Phi) is 8.18. The lowest BCUT2D eigenvalue weighted by Gasteiger charge is -2.16. The second-order valence-corrected chi connectivity index (χ2v) is 13.9. The third-order valence-electron chi connectivity index (χ3n) is 9.35. The number of anilines is 2. The highest BCUT2D eigenvalue weighted by Gasteiger charge is 2.38. The number of fused-ring (bicyclic) bond motifs is 3. The number of para-hydroxylation sites is 1. The SMILES string of the molecule is O=C(O)c1ccc2c(c1)C(=O)N(c1ccc(Oc3cc(Oc4ccc(N5C(=O)c6ccc(C(=O)O)cc6C5=O)cc4)cc(-c4nc5ccccc5s4)c3)cc1)C2=O. The van der Waals surface area contributed by atoms with Gasteiger partial charge in [0, 0.05) is 11.6 Å². The summed E-state index contributed by atoms with van der Waals surface area (Å²) in [6.45, 7) is 0. The van der Waals surface area contributed by atoms with Crippen molar-refractivity contribution >= 4 is 68.5 Å². The van der Waals surface area contributed by atoms with Gasteiger partial charge in [-0.3, -0.25) is 19.2 Å². The van der Waals surface area contributed by atoms with E-state index in [0.29, 0.717) is 33.6 Å². The molecule has 0 spiro atoms. The van der Waals surface area contributed by atoms with Gasteiger partial charge in [0.15, 0.2) is 0 Å². The van der Waals surface area contributed by atoms with Gasteiger partial charge in [-0.15, -0.1) is 11.3 Å². The molecule has 2 aliphatic heterocycles. The molecule has 6 aromatic carbocycles. The molecule has 2 N–H and O–H groups in total. The van der Waals surface area contributed by atoms with Crippen LogP contribution in [0.5, 0.6) is 23.0 Å². The first-order chi connectivity index (χ1) is 27.5. The van der Waals surface area contributed by atoms with E-state index in [4.69, 9.17) is 14.5 Å². The molecule has 0 atom stereocenters. The van der Waals surface area contributed by atoms with E-state index in [2.05, 4.69) is 0 Å². The van der Waals surface area contributed by atoms with Crippen molar-refractivity contribution < 1.29 is 48.5 Å². The van der Waals surface area contributed by atoms with E-state index < -0.39 is 35.6 Å². The molecule has 1 aromatic heterocycles. The van der Waals surface area contributed by atoms with E-state index in [1.807, 2.05) is 24.3 Å². The van der Waals surface area contributed by atoms with E-state index in [9.17, 15) is 39.0 Å². The highest BCUT2D eigenvalue weighted by atomic mass is 32.1. The van der Waals surface area contributed by atoms with Gasteiger partial charge < -0.3 is 19.7 Å². The molecule has 4 amide bonds. The highest BCUT2D eigenvalue weighted by Crippen LogP contribution is 2.39. The van der Waals surface area contributed by atoms with Crippen LogP contribution in [0.4, 0.5) is 11.4 Å². The molecule has 7 aromatic rings. The Labute approximate surface area is 325 Å². The lowest BCUT2D eigenvalue weighted by Crippen LogP contribution is -2.29. The van der Waals surface area contributed by atoms with Gasteiger partial charge in [-0.25, -0.2) is 24.4 Å². The van der Waals surface area contributed by atoms with E-state index in [-0.39, 0.29) is 44.8 Å². The summed E-state index contributed by atoms with van der Waals surface area (Å²) in [6.07, 6.45) is 0. The van der Waals surface area contributed by atoms with Crippen LogP contribution in [0.3, 0.4) is 0 Å². The van der Waals surface area contributed by atoms with Crippen molar-refractivity contribution in [1.82, 2.24) is 4.98 Å². The molecular formula is C43H23N3O10S. The second-order valence-electron chi connectivity index (χ2n) is 12.9. The van der Waals surface area contributed by atoms with Gasteiger partial charge in [0.05, 0.1) is 55.0 Å². The molecule has 0 aliphatic carbocycles. The molecule has 0 saturated heterocycles. The summed E-state index contributed by atoms with van der Waals surface area (Å²) in [5.41, 5.74) is 2.08. The summed E-state index contributed by atoms with van der Waals surface area (Å²) in [6, 6.07) is 33.1. The molecule has 0 saturated carbocycles. The molecule has 276 valence electrons. The summed E-state index contributed by atoms with van der Waals surface area (Å²) >= 11 is 1.48. The monoisotopic (exact) mass is 773 g/mol. The van der Waals surface area contributed by atoms with Crippen molar-refractivity contribution in [3.8, 4) is 33.6 Å². The topological polar surface area (TPSA) is 181 Å². The van der Waals surface area contributed by atoms with Crippen molar-refractivity contribution in [1.29, 1.82) is 0 Å². The number of carboxylic acid groups (broad SMARTS) is 2. The number of ether oxygens (including phenoxy) is 2. The van der Waals surface area contributed by atoms with Gasteiger partial charge in [-0.1, -0.05) is 12.1 Å². The van der Waals surface area contributed by atoms with Gasteiger partial charge in [0.25, 0.3) is 23.6 Å². The van der Waals surface area contributed by atoms with Gasteiger partial charge in [-0.05, 0) is 109 Å².